The molecule has 3 heterocycles. The van der Waals surface area contributed by atoms with Crippen LogP contribution in [0.25, 0.3) is 11.2 Å². The van der Waals surface area contributed by atoms with E-state index in [0.29, 0.717) is 18.5 Å². The van der Waals surface area contributed by atoms with Crippen molar-refractivity contribution in [3.63, 3.8) is 0 Å². The van der Waals surface area contributed by atoms with E-state index in [4.69, 9.17) is 24.8 Å². The Labute approximate surface area is 272 Å². The molecular weight excluding hydrogens is 600 g/mol. The van der Waals surface area contributed by atoms with Crippen LogP contribution in [0.2, 0.25) is 0 Å². The van der Waals surface area contributed by atoms with Crippen molar-refractivity contribution in [1.82, 2.24) is 19.2 Å². The Hall–Kier alpha value is -5.20. The first kappa shape index (κ1) is 31.8. The van der Waals surface area contributed by atoms with E-state index < -0.39 is 17.4 Å². The minimum absolute atomic E-state index is 0.0625. The van der Waals surface area contributed by atoms with E-state index in [-0.39, 0.29) is 36.0 Å². The molecule has 1 saturated heterocycles. The van der Waals surface area contributed by atoms with Gasteiger partial charge in [0.15, 0.2) is 11.2 Å². The average Bonchev–Trinajstić information content (AvgIpc) is 3.76. The van der Waals surface area contributed by atoms with Crippen LogP contribution in [-0.4, -0.2) is 52.0 Å². The van der Waals surface area contributed by atoms with Crippen LogP contribution in [0.15, 0.2) is 90.0 Å². The predicted octanol–water partition coefficient (Wildman–Crippen LogP) is 4.60. The summed E-state index contributed by atoms with van der Waals surface area (Å²) in [5, 5.41) is 2.63. The van der Waals surface area contributed by atoms with Gasteiger partial charge in [-0.3, -0.25) is 19.5 Å². The van der Waals surface area contributed by atoms with Crippen molar-refractivity contribution >= 4 is 23.0 Å². The minimum atomic E-state index is -0.990. The topological polar surface area (TPSA) is 145 Å². The summed E-state index contributed by atoms with van der Waals surface area (Å²) in [6.07, 6.45) is 2.04. The fourth-order valence-electron chi connectivity index (χ4n) is 5.91. The Balaban J connectivity index is 1.33. The maximum absolute atomic E-state index is 12.8. The van der Waals surface area contributed by atoms with Crippen molar-refractivity contribution < 1.29 is 23.7 Å². The van der Waals surface area contributed by atoms with E-state index in [2.05, 4.69) is 27.4 Å². The Morgan fingerprint density at radius 1 is 0.957 bits per heavy atom. The first-order valence-corrected chi connectivity index (χ1v) is 15.4. The maximum atomic E-state index is 12.8. The summed E-state index contributed by atoms with van der Waals surface area (Å²) in [5.41, 5.74) is 1.58. The molecule has 12 heteroatoms. The van der Waals surface area contributed by atoms with Crippen molar-refractivity contribution in [3.05, 3.63) is 112 Å². The first-order chi connectivity index (χ1) is 22.7. The van der Waals surface area contributed by atoms with E-state index in [1.165, 1.54) is 11.0 Å². The Kier molecular flexibility index (Phi) is 8.97. The van der Waals surface area contributed by atoms with Gasteiger partial charge in [-0.25, -0.2) is 9.66 Å². The van der Waals surface area contributed by atoms with Gasteiger partial charge in [0.05, 0.1) is 33.3 Å². The van der Waals surface area contributed by atoms with E-state index in [1.54, 1.807) is 32.6 Å². The lowest BCUT2D eigenvalue weighted by molar-refractivity contribution is -0.118. The molecule has 12 nitrogen and oxygen atoms in total. The Morgan fingerprint density at radius 2 is 1.55 bits per heavy atom. The minimum Gasteiger partial charge on any atom is -0.497 e. The van der Waals surface area contributed by atoms with E-state index in [1.807, 2.05) is 66.7 Å². The van der Waals surface area contributed by atoms with Gasteiger partial charge < -0.3 is 24.8 Å². The zero-order chi connectivity index (χ0) is 33.1. The van der Waals surface area contributed by atoms with Crippen molar-refractivity contribution in [2.75, 3.05) is 32.0 Å². The standard InChI is InChI=1S/C35H38N6O6/c1-22(2)31(42)38-34-39-32(43)30-33(41(34)36)40(21-37-30)29-19-18-28(47-29)20-46-35(23-8-6-5-7-9-23,24-10-14-26(44-3)15-11-24)25-12-16-27(45-4)17-13-25/h5-17,21-22,28-29H,18-20,36H2,1-4H3,(H,38,39,42,43)/t28-,29+/m0/s1. The number of aromatic nitrogens is 4. The quantitative estimate of drug-likeness (QED) is 0.157. The zero-order valence-electron chi connectivity index (χ0n) is 26.8. The van der Waals surface area contributed by atoms with Gasteiger partial charge in [-0.15, -0.1) is 0 Å². The third-order valence-corrected chi connectivity index (χ3v) is 8.45. The highest BCUT2D eigenvalue weighted by Crippen LogP contribution is 2.43. The average molecular weight is 639 g/mol. The highest BCUT2D eigenvalue weighted by atomic mass is 16.6. The molecule has 1 fully saturated rings. The lowest BCUT2D eigenvalue weighted by Crippen LogP contribution is -2.35. The third-order valence-electron chi connectivity index (χ3n) is 8.45. The van der Waals surface area contributed by atoms with Crippen LogP contribution in [0.5, 0.6) is 11.5 Å². The highest BCUT2D eigenvalue weighted by Gasteiger charge is 2.40. The number of nitrogens with two attached hydrogens (primary N) is 1. The fourth-order valence-corrected chi connectivity index (χ4v) is 5.91. The van der Waals surface area contributed by atoms with E-state index in [9.17, 15) is 9.59 Å². The van der Waals surface area contributed by atoms with Crippen LogP contribution in [-0.2, 0) is 19.9 Å². The molecule has 1 aliphatic rings. The number of hydrogen-bond donors (Lipinski definition) is 2. The summed E-state index contributed by atoms with van der Waals surface area (Å²) in [4.78, 5) is 33.4. The zero-order valence-corrected chi connectivity index (χ0v) is 26.8. The van der Waals surface area contributed by atoms with Crippen molar-refractivity contribution in [2.24, 2.45) is 5.92 Å². The smallest absolute Gasteiger partial charge is 0.302 e. The SMILES string of the molecule is COc1ccc(C(OC[C@@H]2CC[C@H](n3cnc4c(=O)nc(NC(=O)C(C)C)n(N)c43)O2)(c2ccccc2)c2ccc(OC)cc2)cc1. The molecule has 6 rings (SSSR count). The predicted molar refractivity (Wildman–Crippen MR) is 177 cm³/mol. The molecule has 0 aliphatic carbocycles. The van der Waals surface area contributed by atoms with Crippen LogP contribution in [0, 0.1) is 5.92 Å². The molecule has 3 aromatic carbocycles. The van der Waals surface area contributed by atoms with E-state index in [0.717, 1.165) is 28.2 Å². The summed E-state index contributed by atoms with van der Waals surface area (Å²) >= 11 is 0. The number of amides is 1. The molecule has 47 heavy (non-hydrogen) atoms. The normalized spacial score (nSPS) is 16.4. The largest absolute Gasteiger partial charge is 0.497 e. The maximum Gasteiger partial charge on any atom is 0.302 e. The van der Waals surface area contributed by atoms with Gasteiger partial charge >= 0.3 is 5.56 Å². The molecule has 5 aromatic rings. The lowest BCUT2D eigenvalue weighted by atomic mass is 9.80. The molecule has 0 bridgehead atoms. The fraction of sp³-hybridized carbons (Fsp3) is 0.314. The number of imidazole rings is 1. The number of nitrogen functional groups attached to an aromatic ring is 1. The van der Waals surface area contributed by atoms with Crippen LogP contribution >= 0.6 is 0 Å². The molecule has 3 N–H and O–H groups in total. The summed E-state index contributed by atoms with van der Waals surface area (Å²) < 4.78 is 27.3. The third kappa shape index (κ3) is 6.05. The van der Waals surface area contributed by atoms with Gasteiger partial charge in [0.1, 0.15) is 23.3 Å². The molecule has 0 spiro atoms. The van der Waals surface area contributed by atoms with Crippen LogP contribution in [0.3, 0.4) is 0 Å². The van der Waals surface area contributed by atoms with Gasteiger partial charge in [0, 0.05) is 5.92 Å². The molecule has 1 aliphatic heterocycles. The highest BCUT2D eigenvalue weighted by molar-refractivity contribution is 5.91. The molecule has 2 aromatic heterocycles. The Morgan fingerprint density at radius 3 is 2.13 bits per heavy atom. The van der Waals surface area contributed by atoms with Gasteiger partial charge in [0.2, 0.25) is 11.9 Å². The second-order valence-corrected chi connectivity index (χ2v) is 11.7. The van der Waals surface area contributed by atoms with Gasteiger partial charge in [-0.2, -0.15) is 4.98 Å². The molecular formula is C35H38N6O6. The number of benzene rings is 3. The van der Waals surface area contributed by atoms with Crippen LogP contribution in [0.4, 0.5) is 5.95 Å². The monoisotopic (exact) mass is 638 g/mol. The van der Waals surface area contributed by atoms with E-state index >= 15 is 0 Å². The summed E-state index contributed by atoms with van der Waals surface area (Å²) in [6, 6.07) is 25.8. The number of fused-ring (bicyclic) bond motifs is 1. The van der Waals surface area contributed by atoms with Gasteiger partial charge in [0.25, 0.3) is 0 Å². The number of anilines is 1. The number of hydrogen-bond acceptors (Lipinski definition) is 9. The number of carbonyl (C=O) groups is 1. The van der Waals surface area contributed by atoms with Crippen LogP contribution < -0.4 is 26.2 Å². The second kappa shape index (κ2) is 13.3. The molecule has 2 atom stereocenters. The second-order valence-electron chi connectivity index (χ2n) is 11.7. The molecule has 0 saturated carbocycles. The van der Waals surface area contributed by atoms with Crippen molar-refractivity contribution in [1.29, 1.82) is 0 Å². The number of carbonyl (C=O) groups excluding carboxylic acids is 1. The number of nitrogens with zero attached hydrogens (tertiary/aromatic N) is 4. The van der Waals surface area contributed by atoms with Gasteiger partial charge in [-0.1, -0.05) is 68.4 Å². The van der Waals surface area contributed by atoms with Crippen LogP contribution in [0.1, 0.15) is 49.6 Å². The number of ether oxygens (including phenoxy) is 4. The van der Waals surface area contributed by atoms with Gasteiger partial charge in [-0.05, 0) is 53.8 Å². The first-order valence-electron chi connectivity index (χ1n) is 15.4. The molecule has 244 valence electrons. The van der Waals surface area contributed by atoms with Crippen molar-refractivity contribution in [3.8, 4) is 11.5 Å². The number of nitrogens with one attached hydrogen (secondary N) is 1. The summed E-state index contributed by atoms with van der Waals surface area (Å²) in [5.74, 6) is 7.14. The summed E-state index contributed by atoms with van der Waals surface area (Å²) in [6.45, 7) is 3.73. The number of methoxy groups -OCH3 is 2. The molecule has 1 amide bonds. The summed E-state index contributed by atoms with van der Waals surface area (Å²) in [7, 11) is 3.28. The molecule has 0 unspecified atom stereocenters. The lowest BCUT2D eigenvalue weighted by Gasteiger charge is -2.37. The van der Waals surface area contributed by atoms with Crippen molar-refractivity contribution in [2.45, 2.75) is 44.6 Å². The molecule has 0 radical (unpaired) electrons. The Bertz CT molecular complexity index is 1860. The number of rotatable bonds is 11.